The van der Waals surface area contributed by atoms with Gasteiger partial charge in [0.25, 0.3) is 5.91 Å². The maximum Gasteiger partial charge on any atom is 0.256 e. The lowest BCUT2D eigenvalue weighted by Gasteiger charge is -2.18. The van der Waals surface area contributed by atoms with E-state index in [0.717, 1.165) is 5.56 Å². The largest absolute Gasteiger partial charge is 0.322 e. The van der Waals surface area contributed by atoms with Crippen molar-refractivity contribution in [3.63, 3.8) is 0 Å². The van der Waals surface area contributed by atoms with Crippen molar-refractivity contribution in [1.29, 1.82) is 0 Å². The van der Waals surface area contributed by atoms with E-state index in [9.17, 15) is 13.2 Å². The molecule has 3 heterocycles. The number of fused-ring (bicyclic) bond motifs is 1. The molecule has 1 fully saturated rings. The van der Waals surface area contributed by atoms with E-state index in [1.807, 2.05) is 44.2 Å². The number of aromatic nitrogens is 3. The molecular formula is C25H25N5O3S. The minimum atomic E-state index is -3.31. The smallest absolute Gasteiger partial charge is 0.256 e. The predicted octanol–water partition coefficient (Wildman–Crippen LogP) is 4.47. The van der Waals surface area contributed by atoms with Gasteiger partial charge in [-0.2, -0.15) is 5.10 Å². The van der Waals surface area contributed by atoms with E-state index in [1.165, 1.54) is 4.31 Å². The topological polar surface area (TPSA) is 97.2 Å². The van der Waals surface area contributed by atoms with Crippen molar-refractivity contribution < 1.29 is 13.2 Å². The number of carbonyl (C=O) groups excluding carboxylic acids is 1. The average Bonchev–Trinajstić information content (AvgIpc) is 3.41. The summed E-state index contributed by atoms with van der Waals surface area (Å²) in [6, 6.07) is 18.5. The number of carbonyl (C=O) groups is 1. The Hall–Kier alpha value is -3.72. The van der Waals surface area contributed by atoms with Crippen LogP contribution in [0.3, 0.4) is 0 Å². The van der Waals surface area contributed by atoms with Crippen LogP contribution in [0.15, 0.2) is 66.9 Å². The molecule has 8 nitrogen and oxygen atoms in total. The molecule has 34 heavy (non-hydrogen) atoms. The summed E-state index contributed by atoms with van der Waals surface area (Å²) in [6.07, 6.45) is 2.26. The monoisotopic (exact) mass is 475 g/mol. The Morgan fingerprint density at radius 2 is 1.85 bits per heavy atom. The van der Waals surface area contributed by atoms with E-state index in [1.54, 1.807) is 41.2 Å². The van der Waals surface area contributed by atoms with Gasteiger partial charge in [-0.25, -0.2) is 18.1 Å². The molecule has 174 valence electrons. The lowest BCUT2D eigenvalue weighted by atomic mass is 10.1. The van der Waals surface area contributed by atoms with Crippen LogP contribution in [-0.4, -0.2) is 41.4 Å². The minimum Gasteiger partial charge on any atom is -0.322 e. The Balaban J connectivity index is 1.54. The summed E-state index contributed by atoms with van der Waals surface area (Å²) >= 11 is 0. The van der Waals surface area contributed by atoms with Crippen LogP contribution in [0.4, 0.5) is 11.4 Å². The fraction of sp³-hybridized carbons (Fsp3) is 0.240. The van der Waals surface area contributed by atoms with Crippen LogP contribution < -0.4 is 9.62 Å². The molecule has 2 aromatic heterocycles. The van der Waals surface area contributed by atoms with Gasteiger partial charge in [-0.05, 0) is 44.5 Å². The molecule has 2 aromatic carbocycles. The molecule has 0 spiro atoms. The highest BCUT2D eigenvalue weighted by atomic mass is 32.2. The second-order valence-electron chi connectivity index (χ2n) is 8.59. The number of nitrogens with zero attached hydrogens (tertiary/aromatic N) is 4. The molecule has 1 N–H and O–H groups in total. The van der Waals surface area contributed by atoms with Gasteiger partial charge in [0.1, 0.15) is 0 Å². The maximum absolute atomic E-state index is 13.4. The highest BCUT2D eigenvalue weighted by Crippen LogP contribution is 2.29. The van der Waals surface area contributed by atoms with Crippen LogP contribution in [0.2, 0.25) is 0 Å². The number of amides is 1. The van der Waals surface area contributed by atoms with E-state index in [0.29, 0.717) is 46.6 Å². The Labute approximate surface area is 198 Å². The number of hydrogen-bond donors (Lipinski definition) is 1. The molecular weight excluding hydrogens is 450 g/mol. The van der Waals surface area contributed by atoms with Gasteiger partial charge in [-0.1, -0.05) is 36.4 Å². The molecule has 0 atom stereocenters. The van der Waals surface area contributed by atoms with E-state index in [2.05, 4.69) is 10.4 Å². The fourth-order valence-electron chi connectivity index (χ4n) is 4.21. The zero-order valence-corrected chi connectivity index (χ0v) is 19.8. The molecule has 0 saturated carbocycles. The van der Waals surface area contributed by atoms with Gasteiger partial charge in [0.15, 0.2) is 5.65 Å². The van der Waals surface area contributed by atoms with Gasteiger partial charge in [-0.3, -0.25) is 9.10 Å². The van der Waals surface area contributed by atoms with Gasteiger partial charge in [0.05, 0.1) is 34.3 Å². The number of sulfonamides is 1. The molecule has 1 amide bonds. The Morgan fingerprint density at radius 1 is 1.06 bits per heavy atom. The lowest BCUT2D eigenvalue weighted by molar-refractivity contribution is 0.102. The van der Waals surface area contributed by atoms with Crippen molar-refractivity contribution in [2.75, 3.05) is 21.9 Å². The van der Waals surface area contributed by atoms with E-state index < -0.39 is 10.0 Å². The summed E-state index contributed by atoms with van der Waals surface area (Å²) in [5.41, 5.74) is 3.74. The highest BCUT2D eigenvalue weighted by molar-refractivity contribution is 7.93. The van der Waals surface area contributed by atoms with Gasteiger partial charge in [0, 0.05) is 23.8 Å². The summed E-state index contributed by atoms with van der Waals surface area (Å²) in [6.45, 7) is 4.47. The van der Waals surface area contributed by atoms with Crippen molar-refractivity contribution in [2.45, 2.75) is 26.3 Å². The highest BCUT2D eigenvalue weighted by Gasteiger charge is 2.28. The third-order valence-electron chi connectivity index (χ3n) is 5.86. The second-order valence-corrected chi connectivity index (χ2v) is 10.6. The van der Waals surface area contributed by atoms with Crippen LogP contribution in [0.5, 0.6) is 0 Å². The zero-order chi connectivity index (χ0) is 23.9. The number of nitrogens with one attached hydrogen (secondary N) is 1. The first-order valence-corrected chi connectivity index (χ1v) is 12.8. The number of anilines is 2. The van der Waals surface area contributed by atoms with Gasteiger partial charge in [-0.15, -0.1) is 0 Å². The molecule has 1 aliphatic rings. The van der Waals surface area contributed by atoms with Crippen LogP contribution in [-0.2, 0) is 10.0 Å². The Bertz CT molecular complexity index is 1480. The molecule has 1 aliphatic heterocycles. The fourth-order valence-corrected chi connectivity index (χ4v) is 5.76. The lowest BCUT2D eigenvalue weighted by Crippen LogP contribution is -2.25. The number of pyridine rings is 1. The van der Waals surface area contributed by atoms with Crippen molar-refractivity contribution in [3.8, 4) is 11.3 Å². The normalized spacial score (nSPS) is 15.2. The third kappa shape index (κ3) is 4.03. The van der Waals surface area contributed by atoms with Crippen LogP contribution in [0.1, 0.15) is 36.7 Å². The van der Waals surface area contributed by atoms with Crippen molar-refractivity contribution in [1.82, 2.24) is 14.8 Å². The summed E-state index contributed by atoms with van der Waals surface area (Å²) in [5.74, 6) is -0.171. The number of hydrogen-bond acceptors (Lipinski definition) is 5. The van der Waals surface area contributed by atoms with Crippen LogP contribution in [0, 0.1) is 0 Å². The Morgan fingerprint density at radius 3 is 2.56 bits per heavy atom. The second kappa shape index (κ2) is 8.57. The minimum absolute atomic E-state index is 0.0750. The molecule has 0 aliphatic carbocycles. The van der Waals surface area contributed by atoms with Crippen molar-refractivity contribution in [2.24, 2.45) is 0 Å². The molecule has 0 radical (unpaired) electrons. The van der Waals surface area contributed by atoms with Crippen LogP contribution in [0.25, 0.3) is 22.3 Å². The summed E-state index contributed by atoms with van der Waals surface area (Å²) in [7, 11) is -3.31. The number of benzene rings is 2. The standard InChI is InChI=1S/C25H25N5O3S/c1-17(2)30-24-22(16-26-30)21(15-23(28-24)18-8-4-3-5-9-18)25(31)27-19-10-6-11-20(14-19)29-12-7-13-34(29,32)33/h3-6,8-11,14-17H,7,12-13H2,1-2H3,(H,27,31). The van der Waals surface area contributed by atoms with Crippen LogP contribution >= 0.6 is 0 Å². The van der Waals surface area contributed by atoms with Gasteiger partial charge in [0.2, 0.25) is 10.0 Å². The van der Waals surface area contributed by atoms with Gasteiger partial charge < -0.3 is 5.32 Å². The first-order valence-electron chi connectivity index (χ1n) is 11.2. The zero-order valence-electron chi connectivity index (χ0n) is 19.0. The first kappa shape index (κ1) is 22.1. The molecule has 9 heteroatoms. The van der Waals surface area contributed by atoms with Crippen molar-refractivity contribution >= 4 is 38.3 Å². The summed E-state index contributed by atoms with van der Waals surface area (Å²) < 4.78 is 27.8. The quantitative estimate of drug-likeness (QED) is 0.459. The summed E-state index contributed by atoms with van der Waals surface area (Å²) in [4.78, 5) is 18.2. The number of rotatable bonds is 5. The first-order chi connectivity index (χ1) is 16.3. The maximum atomic E-state index is 13.4. The average molecular weight is 476 g/mol. The molecule has 4 aromatic rings. The molecule has 5 rings (SSSR count). The van der Waals surface area contributed by atoms with Gasteiger partial charge >= 0.3 is 0 Å². The molecule has 0 bridgehead atoms. The predicted molar refractivity (Wildman–Crippen MR) is 133 cm³/mol. The Kier molecular flexibility index (Phi) is 5.57. The third-order valence-corrected chi connectivity index (χ3v) is 7.73. The molecule has 1 saturated heterocycles. The van der Waals surface area contributed by atoms with Crippen molar-refractivity contribution in [3.05, 3.63) is 72.4 Å². The van der Waals surface area contributed by atoms with E-state index in [4.69, 9.17) is 4.98 Å². The van der Waals surface area contributed by atoms with E-state index >= 15 is 0 Å². The molecule has 0 unspecified atom stereocenters. The summed E-state index contributed by atoms with van der Waals surface area (Å²) in [5, 5.41) is 8.05. The SMILES string of the molecule is CC(C)n1ncc2c(C(=O)Nc3cccc(N4CCCS4(=O)=O)c3)cc(-c3ccccc3)nc21. The van der Waals surface area contributed by atoms with E-state index in [-0.39, 0.29) is 17.7 Å².